The zero-order chi connectivity index (χ0) is 15.5. The SMILES string of the molecule is [C-]#[N+]c1ccc2c(c1F)CCC1C2CC[C@]2(C)C(=O)CCC12. The van der Waals surface area contributed by atoms with Gasteiger partial charge in [-0.2, -0.15) is 0 Å². The number of nitrogens with zero attached hydrogens (tertiary/aromatic N) is 1. The van der Waals surface area contributed by atoms with Crippen LogP contribution < -0.4 is 0 Å². The van der Waals surface area contributed by atoms with E-state index in [0.717, 1.165) is 43.2 Å². The summed E-state index contributed by atoms with van der Waals surface area (Å²) in [7, 11) is 0. The van der Waals surface area contributed by atoms with Crippen LogP contribution in [0.25, 0.3) is 4.85 Å². The molecule has 4 atom stereocenters. The molecular weight excluding hydrogens is 277 g/mol. The number of Topliss-reactive ketones (excluding diaryl/α,β-unsaturated/α-hetero) is 1. The van der Waals surface area contributed by atoms with Gasteiger partial charge in [0.05, 0.1) is 6.57 Å². The fourth-order valence-corrected chi connectivity index (χ4v) is 5.47. The maximum atomic E-state index is 14.5. The van der Waals surface area contributed by atoms with Gasteiger partial charge in [-0.05, 0) is 61.0 Å². The number of ketones is 1. The van der Waals surface area contributed by atoms with Crippen molar-refractivity contribution in [2.75, 3.05) is 0 Å². The van der Waals surface area contributed by atoms with E-state index in [4.69, 9.17) is 6.57 Å². The Labute approximate surface area is 130 Å². The van der Waals surface area contributed by atoms with Gasteiger partial charge in [0.25, 0.3) is 0 Å². The van der Waals surface area contributed by atoms with Gasteiger partial charge in [-0.3, -0.25) is 4.79 Å². The Morgan fingerprint density at radius 2 is 2.09 bits per heavy atom. The van der Waals surface area contributed by atoms with Crippen molar-refractivity contribution >= 4 is 11.5 Å². The van der Waals surface area contributed by atoms with Crippen LogP contribution in [-0.4, -0.2) is 5.78 Å². The van der Waals surface area contributed by atoms with E-state index in [-0.39, 0.29) is 16.9 Å². The van der Waals surface area contributed by atoms with Crippen LogP contribution in [0, 0.1) is 29.6 Å². The molecule has 0 N–H and O–H groups in total. The Morgan fingerprint density at radius 3 is 2.86 bits per heavy atom. The summed E-state index contributed by atoms with van der Waals surface area (Å²) in [5, 5.41) is 0. The first-order valence-electron chi connectivity index (χ1n) is 8.28. The van der Waals surface area contributed by atoms with Crippen molar-refractivity contribution in [1.29, 1.82) is 0 Å². The molecule has 3 aliphatic rings. The second-order valence-corrected chi connectivity index (χ2v) is 7.41. The lowest BCUT2D eigenvalue weighted by molar-refractivity contribution is -0.129. The Morgan fingerprint density at radius 1 is 1.27 bits per heavy atom. The molecule has 0 heterocycles. The van der Waals surface area contributed by atoms with Crippen molar-refractivity contribution in [3.8, 4) is 0 Å². The second kappa shape index (κ2) is 4.65. The van der Waals surface area contributed by atoms with Gasteiger partial charge in [-0.25, -0.2) is 9.24 Å². The lowest BCUT2D eigenvalue weighted by Gasteiger charge is -2.48. The number of carbonyl (C=O) groups excluding carboxylic acids is 1. The highest BCUT2D eigenvalue weighted by Gasteiger charge is 2.54. The Bertz CT molecular complexity index is 704. The number of hydrogen-bond donors (Lipinski definition) is 0. The highest BCUT2D eigenvalue weighted by atomic mass is 19.1. The summed E-state index contributed by atoms with van der Waals surface area (Å²) < 4.78 is 14.5. The molecule has 1 aromatic carbocycles. The van der Waals surface area contributed by atoms with Crippen LogP contribution >= 0.6 is 0 Å². The largest absolute Gasteiger partial charge is 0.299 e. The first-order chi connectivity index (χ1) is 10.6. The van der Waals surface area contributed by atoms with Crippen LogP contribution in [0.1, 0.15) is 56.1 Å². The molecule has 0 saturated heterocycles. The summed E-state index contributed by atoms with van der Waals surface area (Å²) in [4.78, 5) is 15.6. The number of halogens is 1. The van der Waals surface area contributed by atoms with E-state index in [2.05, 4.69) is 11.8 Å². The summed E-state index contributed by atoms with van der Waals surface area (Å²) in [5.74, 6) is 1.49. The normalized spacial score (nSPS) is 36.2. The molecule has 3 unspecified atom stereocenters. The molecule has 114 valence electrons. The standard InChI is InChI=1S/C19H20FNO/c1-19-10-9-12-11-5-7-16(21-2)18(20)14(11)4-3-13(12)15(19)6-8-17(19)22/h5,7,12-13,15H,3-4,6,8-10H2,1H3/t12?,13?,15?,19-/m0/s1. The average molecular weight is 297 g/mol. The van der Waals surface area contributed by atoms with Crippen molar-refractivity contribution in [2.24, 2.45) is 17.3 Å². The number of hydrogen-bond acceptors (Lipinski definition) is 1. The molecule has 2 nitrogen and oxygen atoms in total. The molecule has 0 spiro atoms. The van der Waals surface area contributed by atoms with Crippen molar-refractivity contribution in [3.05, 3.63) is 40.5 Å². The van der Waals surface area contributed by atoms with Crippen LogP contribution in [0.3, 0.4) is 0 Å². The third-order valence-corrected chi connectivity index (χ3v) is 6.65. The monoisotopic (exact) mass is 297 g/mol. The number of carbonyl (C=O) groups is 1. The number of rotatable bonds is 0. The minimum atomic E-state index is -0.304. The van der Waals surface area contributed by atoms with E-state index < -0.39 is 0 Å². The third-order valence-electron chi connectivity index (χ3n) is 6.65. The van der Waals surface area contributed by atoms with E-state index in [1.54, 1.807) is 6.07 Å². The van der Waals surface area contributed by atoms with Crippen LogP contribution in [-0.2, 0) is 11.2 Å². The fraction of sp³-hybridized carbons (Fsp3) is 0.579. The van der Waals surface area contributed by atoms with Gasteiger partial charge in [-0.1, -0.05) is 19.1 Å². The number of fused-ring (bicyclic) bond motifs is 5. The van der Waals surface area contributed by atoms with Crippen molar-refractivity contribution in [2.45, 2.75) is 51.4 Å². The number of benzene rings is 1. The Hall–Kier alpha value is -1.69. The smallest absolute Gasteiger partial charge is 0.222 e. The van der Waals surface area contributed by atoms with Gasteiger partial charge in [0.2, 0.25) is 5.69 Å². The van der Waals surface area contributed by atoms with E-state index in [9.17, 15) is 9.18 Å². The van der Waals surface area contributed by atoms with Gasteiger partial charge in [0, 0.05) is 11.8 Å². The highest BCUT2D eigenvalue weighted by Crippen LogP contribution is 2.59. The predicted octanol–water partition coefficient (Wildman–Crippen LogP) is 4.80. The molecule has 0 radical (unpaired) electrons. The predicted molar refractivity (Wildman–Crippen MR) is 82.3 cm³/mol. The highest BCUT2D eigenvalue weighted by molar-refractivity contribution is 5.87. The molecule has 2 saturated carbocycles. The van der Waals surface area contributed by atoms with E-state index in [1.165, 1.54) is 0 Å². The maximum absolute atomic E-state index is 14.5. The van der Waals surface area contributed by atoms with E-state index >= 15 is 0 Å². The van der Waals surface area contributed by atoms with Crippen LogP contribution in [0.2, 0.25) is 0 Å². The van der Waals surface area contributed by atoms with Crippen LogP contribution in [0.5, 0.6) is 0 Å². The minimum Gasteiger partial charge on any atom is -0.299 e. The first kappa shape index (κ1) is 13.9. The molecule has 0 aliphatic heterocycles. The molecule has 22 heavy (non-hydrogen) atoms. The Kier molecular flexibility index (Phi) is 2.95. The van der Waals surface area contributed by atoms with E-state index in [0.29, 0.717) is 30.0 Å². The van der Waals surface area contributed by atoms with Gasteiger partial charge < -0.3 is 0 Å². The topological polar surface area (TPSA) is 21.4 Å². The van der Waals surface area contributed by atoms with Gasteiger partial charge in [0.15, 0.2) is 0 Å². The molecular formula is C19H20FNO. The summed E-state index contributed by atoms with van der Waals surface area (Å²) in [6, 6.07) is 3.61. The summed E-state index contributed by atoms with van der Waals surface area (Å²) in [6.07, 6.45) is 5.32. The zero-order valence-electron chi connectivity index (χ0n) is 12.9. The van der Waals surface area contributed by atoms with E-state index in [1.807, 2.05) is 6.07 Å². The Balaban J connectivity index is 1.75. The molecule has 0 bridgehead atoms. The van der Waals surface area contributed by atoms with Crippen LogP contribution in [0.15, 0.2) is 12.1 Å². The quantitative estimate of drug-likeness (QED) is 0.630. The molecule has 3 aliphatic carbocycles. The maximum Gasteiger partial charge on any atom is 0.222 e. The second-order valence-electron chi connectivity index (χ2n) is 7.41. The van der Waals surface area contributed by atoms with Gasteiger partial charge in [0.1, 0.15) is 11.6 Å². The lowest BCUT2D eigenvalue weighted by Crippen LogP contribution is -2.42. The molecule has 0 amide bonds. The lowest BCUT2D eigenvalue weighted by atomic mass is 9.55. The molecule has 2 fully saturated rings. The molecule has 1 aromatic rings. The van der Waals surface area contributed by atoms with Crippen molar-refractivity contribution in [3.63, 3.8) is 0 Å². The summed E-state index contributed by atoms with van der Waals surface area (Å²) >= 11 is 0. The molecule has 0 aromatic heterocycles. The third kappa shape index (κ3) is 1.67. The van der Waals surface area contributed by atoms with Crippen LogP contribution in [0.4, 0.5) is 10.1 Å². The first-order valence-corrected chi connectivity index (χ1v) is 8.28. The van der Waals surface area contributed by atoms with Crippen molar-refractivity contribution < 1.29 is 9.18 Å². The van der Waals surface area contributed by atoms with Crippen molar-refractivity contribution in [1.82, 2.24) is 0 Å². The fourth-order valence-electron chi connectivity index (χ4n) is 5.47. The summed E-state index contributed by atoms with van der Waals surface area (Å²) in [6.45, 7) is 9.23. The zero-order valence-corrected chi connectivity index (χ0v) is 12.9. The van der Waals surface area contributed by atoms with Gasteiger partial charge in [-0.15, -0.1) is 0 Å². The minimum absolute atomic E-state index is 0.131. The molecule has 3 heteroatoms. The average Bonchev–Trinajstić information content (AvgIpc) is 2.83. The van der Waals surface area contributed by atoms with Gasteiger partial charge >= 0.3 is 0 Å². The molecule has 4 rings (SSSR count). The summed E-state index contributed by atoms with van der Waals surface area (Å²) in [5.41, 5.74) is 1.90.